The molecule has 1 N–H and O–H groups in total. The van der Waals surface area contributed by atoms with Gasteiger partial charge in [-0.1, -0.05) is 24.3 Å². The van der Waals surface area contributed by atoms with Crippen LogP contribution in [-0.4, -0.2) is 11.1 Å². The second kappa shape index (κ2) is 6.01. The number of halogens is 4. The average Bonchev–Trinajstić information content (AvgIpc) is 2.45. The van der Waals surface area contributed by atoms with Gasteiger partial charge in [0.05, 0.1) is 5.56 Å². The Hall–Kier alpha value is -2.63. The second-order valence-electron chi connectivity index (χ2n) is 4.45. The predicted octanol–water partition coefficient (Wildman–Crippen LogP) is 4.61. The number of benzene rings is 2. The Morgan fingerprint density at radius 1 is 1.05 bits per heavy atom. The molecule has 0 aliphatic carbocycles. The van der Waals surface area contributed by atoms with Crippen molar-refractivity contribution in [2.45, 2.75) is 6.18 Å². The van der Waals surface area contributed by atoms with Gasteiger partial charge in [-0.3, -0.25) is 0 Å². The minimum Gasteiger partial charge on any atom is -0.478 e. The molecule has 22 heavy (non-hydrogen) atoms. The molecule has 2 nitrogen and oxygen atoms in total. The fourth-order valence-electron chi connectivity index (χ4n) is 2.03. The summed E-state index contributed by atoms with van der Waals surface area (Å²) in [5, 5.41) is 8.63. The predicted molar refractivity (Wildman–Crippen MR) is 73.5 cm³/mol. The Balaban J connectivity index is 2.67. The zero-order valence-electron chi connectivity index (χ0n) is 11.1. The molecule has 0 bridgehead atoms. The lowest BCUT2D eigenvalue weighted by atomic mass is 9.94. The molecule has 0 aliphatic rings. The second-order valence-corrected chi connectivity index (χ2v) is 4.45. The highest BCUT2D eigenvalue weighted by Crippen LogP contribution is 2.38. The van der Waals surface area contributed by atoms with Crippen molar-refractivity contribution in [2.75, 3.05) is 0 Å². The van der Waals surface area contributed by atoms with E-state index in [0.29, 0.717) is 0 Å². The largest absolute Gasteiger partial charge is 0.478 e. The van der Waals surface area contributed by atoms with Crippen LogP contribution in [0.2, 0.25) is 0 Å². The van der Waals surface area contributed by atoms with Crippen LogP contribution in [0, 0.1) is 5.82 Å². The van der Waals surface area contributed by atoms with Crippen molar-refractivity contribution in [3.05, 3.63) is 65.5 Å². The molecule has 114 valence electrons. The van der Waals surface area contributed by atoms with Crippen LogP contribution in [-0.2, 0) is 11.0 Å². The first kappa shape index (κ1) is 15.8. The monoisotopic (exact) mass is 310 g/mol. The topological polar surface area (TPSA) is 37.3 Å². The summed E-state index contributed by atoms with van der Waals surface area (Å²) in [6.45, 7) is 0. The first-order valence-electron chi connectivity index (χ1n) is 6.16. The quantitative estimate of drug-likeness (QED) is 0.664. The van der Waals surface area contributed by atoms with Crippen LogP contribution in [0.1, 0.15) is 11.1 Å². The molecular weight excluding hydrogens is 300 g/mol. The van der Waals surface area contributed by atoms with Crippen molar-refractivity contribution in [2.24, 2.45) is 0 Å². The van der Waals surface area contributed by atoms with Crippen LogP contribution in [0.5, 0.6) is 0 Å². The third kappa shape index (κ3) is 3.52. The summed E-state index contributed by atoms with van der Waals surface area (Å²) >= 11 is 0. The summed E-state index contributed by atoms with van der Waals surface area (Å²) in [5.41, 5.74) is -0.962. The summed E-state index contributed by atoms with van der Waals surface area (Å²) < 4.78 is 52.7. The van der Waals surface area contributed by atoms with Gasteiger partial charge in [-0.05, 0) is 41.0 Å². The van der Waals surface area contributed by atoms with Crippen LogP contribution in [0.15, 0.2) is 48.5 Å². The summed E-state index contributed by atoms with van der Waals surface area (Å²) in [4.78, 5) is 10.6. The lowest BCUT2D eigenvalue weighted by Gasteiger charge is -2.14. The zero-order chi connectivity index (χ0) is 16.3. The van der Waals surface area contributed by atoms with Crippen molar-refractivity contribution in [3.63, 3.8) is 0 Å². The van der Waals surface area contributed by atoms with E-state index in [1.807, 2.05) is 0 Å². The summed E-state index contributed by atoms with van der Waals surface area (Å²) in [7, 11) is 0. The number of aliphatic carboxylic acids is 1. The van der Waals surface area contributed by atoms with Gasteiger partial charge in [0.2, 0.25) is 0 Å². The highest BCUT2D eigenvalue weighted by Gasteiger charge is 2.33. The highest BCUT2D eigenvalue weighted by molar-refractivity contribution is 5.88. The fraction of sp³-hybridized carbons (Fsp3) is 0.0625. The van der Waals surface area contributed by atoms with Crippen LogP contribution in [0.25, 0.3) is 17.2 Å². The number of hydrogen-bond acceptors (Lipinski definition) is 1. The number of carboxylic acid groups (broad SMARTS) is 1. The third-order valence-electron chi connectivity index (χ3n) is 2.94. The normalized spacial score (nSPS) is 11.8. The van der Waals surface area contributed by atoms with Gasteiger partial charge >= 0.3 is 12.1 Å². The van der Waals surface area contributed by atoms with Gasteiger partial charge in [-0.15, -0.1) is 0 Å². The molecule has 0 saturated heterocycles. The zero-order valence-corrected chi connectivity index (χ0v) is 11.1. The van der Waals surface area contributed by atoms with Crippen LogP contribution in [0.3, 0.4) is 0 Å². The molecule has 2 rings (SSSR count). The smallest absolute Gasteiger partial charge is 0.417 e. The fourth-order valence-corrected chi connectivity index (χ4v) is 2.03. The maximum Gasteiger partial charge on any atom is 0.417 e. The molecule has 6 heteroatoms. The van der Waals surface area contributed by atoms with Crippen molar-refractivity contribution in [1.82, 2.24) is 0 Å². The lowest BCUT2D eigenvalue weighted by Crippen LogP contribution is -2.07. The average molecular weight is 310 g/mol. The van der Waals surface area contributed by atoms with Gasteiger partial charge in [0, 0.05) is 6.08 Å². The molecule has 0 fully saturated rings. The van der Waals surface area contributed by atoms with Crippen LogP contribution >= 0.6 is 0 Å². The first-order valence-corrected chi connectivity index (χ1v) is 6.16. The number of rotatable bonds is 3. The standard InChI is InChI=1S/C16H10F4O2/c17-11-7-5-10(6-8-15(21)22)13(9-11)12-3-1-2-4-14(12)16(18,19)20/h1-9H,(H,21,22)/b8-6-. The van der Waals surface area contributed by atoms with Crippen LogP contribution in [0.4, 0.5) is 17.6 Å². The van der Waals surface area contributed by atoms with E-state index in [0.717, 1.165) is 30.4 Å². The van der Waals surface area contributed by atoms with Gasteiger partial charge in [-0.2, -0.15) is 13.2 Å². The Bertz CT molecular complexity index is 733. The van der Waals surface area contributed by atoms with Crippen molar-refractivity contribution < 1.29 is 27.5 Å². The van der Waals surface area contributed by atoms with Crippen molar-refractivity contribution in [3.8, 4) is 11.1 Å². The van der Waals surface area contributed by atoms with Gasteiger partial charge < -0.3 is 5.11 Å². The Labute approximate surface area is 123 Å². The summed E-state index contributed by atoms with van der Waals surface area (Å²) in [6.07, 6.45) is -2.69. The van der Waals surface area contributed by atoms with E-state index in [1.165, 1.54) is 24.3 Å². The first-order chi connectivity index (χ1) is 10.3. The molecular formula is C16H10F4O2. The summed E-state index contributed by atoms with van der Waals surface area (Å²) in [6, 6.07) is 7.99. The van der Waals surface area contributed by atoms with E-state index < -0.39 is 23.5 Å². The van der Waals surface area contributed by atoms with E-state index in [-0.39, 0.29) is 16.7 Å². The molecule has 0 spiro atoms. The molecule has 0 unspecified atom stereocenters. The molecule has 0 aromatic heterocycles. The minimum atomic E-state index is -4.60. The number of carbonyl (C=O) groups is 1. The third-order valence-corrected chi connectivity index (χ3v) is 2.94. The Morgan fingerprint density at radius 3 is 2.36 bits per heavy atom. The van der Waals surface area contributed by atoms with Gasteiger partial charge in [0.15, 0.2) is 0 Å². The molecule has 0 aliphatic heterocycles. The molecule has 0 saturated carbocycles. The van der Waals surface area contributed by atoms with Crippen LogP contribution < -0.4 is 0 Å². The maximum absolute atomic E-state index is 13.4. The summed E-state index contributed by atoms with van der Waals surface area (Å²) in [5.74, 6) is -1.96. The van der Waals surface area contributed by atoms with Gasteiger partial charge in [0.1, 0.15) is 5.82 Å². The molecule has 2 aromatic carbocycles. The van der Waals surface area contributed by atoms with E-state index in [9.17, 15) is 22.4 Å². The minimum absolute atomic E-state index is 0.0228. The van der Waals surface area contributed by atoms with E-state index in [4.69, 9.17) is 5.11 Å². The molecule has 0 radical (unpaired) electrons. The Kier molecular flexibility index (Phi) is 4.30. The van der Waals surface area contributed by atoms with E-state index >= 15 is 0 Å². The van der Waals surface area contributed by atoms with E-state index in [2.05, 4.69) is 0 Å². The molecule has 0 amide bonds. The maximum atomic E-state index is 13.4. The Morgan fingerprint density at radius 2 is 1.73 bits per heavy atom. The van der Waals surface area contributed by atoms with Crippen molar-refractivity contribution >= 4 is 12.0 Å². The van der Waals surface area contributed by atoms with Gasteiger partial charge in [-0.25, -0.2) is 9.18 Å². The molecule has 0 heterocycles. The highest BCUT2D eigenvalue weighted by atomic mass is 19.4. The number of alkyl halides is 3. The SMILES string of the molecule is O=C(O)/C=C\c1ccc(F)cc1-c1ccccc1C(F)(F)F. The number of carboxylic acids is 1. The molecule has 2 aromatic rings. The van der Waals surface area contributed by atoms with Crippen molar-refractivity contribution in [1.29, 1.82) is 0 Å². The lowest BCUT2D eigenvalue weighted by molar-refractivity contribution is -0.137. The molecule has 0 atom stereocenters. The van der Waals surface area contributed by atoms with Gasteiger partial charge in [0.25, 0.3) is 0 Å². The van der Waals surface area contributed by atoms with E-state index in [1.54, 1.807) is 0 Å². The number of hydrogen-bond donors (Lipinski definition) is 1.